The summed E-state index contributed by atoms with van der Waals surface area (Å²) < 4.78 is 75.1. The van der Waals surface area contributed by atoms with E-state index in [0.29, 0.717) is 22.4 Å². The van der Waals surface area contributed by atoms with Crippen molar-refractivity contribution in [1.82, 2.24) is 20.2 Å². The number of carboxylic acids is 1. The van der Waals surface area contributed by atoms with Gasteiger partial charge in [0.05, 0.1) is 12.2 Å². The molecule has 9 nitrogen and oxygen atoms in total. The Morgan fingerprint density at radius 2 is 1.69 bits per heavy atom. The largest absolute Gasteiger partial charge is 0.490 e. The Balaban J connectivity index is 0.000000517. The molecule has 0 radical (unpaired) electrons. The second-order valence-electron chi connectivity index (χ2n) is 9.75. The van der Waals surface area contributed by atoms with Crippen molar-refractivity contribution in [2.75, 3.05) is 30.4 Å². The number of hydrogen-bond donors (Lipinski definition) is 3. The van der Waals surface area contributed by atoms with Gasteiger partial charge in [-0.25, -0.2) is 32.6 Å². The van der Waals surface area contributed by atoms with Crippen LogP contribution in [0.5, 0.6) is 0 Å². The molecule has 5 rings (SSSR count). The van der Waals surface area contributed by atoms with Gasteiger partial charge in [-0.2, -0.15) is 18.2 Å². The van der Waals surface area contributed by atoms with Crippen LogP contribution in [0, 0.1) is 24.4 Å². The highest BCUT2D eigenvalue weighted by atomic mass is 19.4. The van der Waals surface area contributed by atoms with Crippen molar-refractivity contribution in [3.8, 4) is 11.3 Å². The lowest BCUT2D eigenvalue weighted by Crippen LogP contribution is -2.43. The third-order valence-electron chi connectivity index (χ3n) is 6.72. The number of nitrogens with one attached hydrogen (secondary N) is 2. The number of aromatic nitrogens is 2. The number of halogens is 6. The van der Waals surface area contributed by atoms with Crippen LogP contribution < -0.4 is 15.5 Å². The van der Waals surface area contributed by atoms with Crippen LogP contribution in [0.1, 0.15) is 24.0 Å². The molecule has 1 fully saturated rings. The van der Waals surface area contributed by atoms with Gasteiger partial charge in [-0.05, 0) is 75.8 Å². The number of amides is 2. The second-order valence-corrected chi connectivity index (χ2v) is 9.75. The number of carbonyl (C=O) groups is 2. The van der Waals surface area contributed by atoms with Crippen molar-refractivity contribution in [1.29, 1.82) is 0 Å². The fraction of sp³-hybridized carbons (Fsp3) is 0.333. The standard InChI is InChI=1S/C25H25F3N6O.C2HF3O2/c1-14-12-15(26)6-7-17(14)21-18-13-29-25(35)34(22-19(27)4-3-5-20(22)28)23(18)32-24(31-21)30-16-8-10-33(2)11-9-16;3-2(4,5)1(6)7/h3-7,12,16H,8-11,13H2,1-2H3,(H,29,35)(H,30,31,32);(H,6,7). The quantitative estimate of drug-likeness (QED) is 0.348. The Bertz CT molecular complexity index is 1470. The summed E-state index contributed by atoms with van der Waals surface area (Å²) in [5, 5.41) is 13.1. The molecule has 0 saturated carbocycles. The van der Waals surface area contributed by atoms with Gasteiger partial charge in [-0.15, -0.1) is 0 Å². The zero-order valence-electron chi connectivity index (χ0n) is 22.4. The molecular weight excluding hydrogens is 570 g/mol. The number of likely N-dealkylation sites (tertiary alicyclic amines) is 1. The van der Waals surface area contributed by atoms with E-state index in [1.165, 1.54) is 18.2 Å². The van der Waals surface area contributed by atoms with Crippen molar-refractivity contribution >= 4 is 29.5 Å². The molecule has 3 heterocycles. The van der Waals surface area contributed by atoms with E-state index in [9.17, 15) is 31.1 Å². The molecule has 2 aliphatic rings. The zero-order chi connectivity index (χ0) is 30.8. The van der Waals surface area contributed by atoms with Crippen molar-refractivity contribution in [3.05, 3.63) is 65.0 Å². The smallest absolute Gasteiger partial charge is 0.475 e. The molecule has 1 saturated heterocycles. The molecule has 1 aromatic heterocycles. The number of alkyl halides is 3. The van der Waals surface area contributed by atoms with Crippen molar-refractivity contribution in [2.45, 2.75) is 38.5 Å². The zero-order valence-corrected chi connectivity index (χ0v) is 22.4. The van der Waals surface area contributed by atoms with E-state index in [-0.39, 0.29) is 30.2 Å². The van der Waals surface area contributed by atoms with Crippen molar-refractivity contribution in [3.63, 3.8) is 0 Å². The van der Waals surface area contributed by atoms with Crippen LogP contribution >= 0.6 is 0 Å². The van der Waals surface area contributed by atoms with Gasteiger partial charge >= 0.3 is 18.2 Å². The molecule has 224 valence electrons. The van der Waals surface area contributed by atoms with E-state index in [4.69, 9.17) is 14.9 Å². The maximum absolute atomic E-state index is 14.8. The summed E-state index contributed by atoms with van der Waals surface area (Å²) in [4.78, 5) is 34.2. The van der Waals surface area contributed by atoms with Gasteiger partial charge in [0, 0.05) is 17.2 Å². The van der Waals surface area contributed by atoms with E-state index in [2.05, 4.69) is 27.6 Å². The number of para-hydroxylation sites is 1. The van der Waals surface area contributed by atoms with Gasteiger partial charge in [-0.1, -0.05) is 6.07 Å². The summed E-state index contributed by atoms with van der Waals surface area (Å²) in [7, 11) is 2.06. The van der Waals surface area contributed by atoms with Gasteiger partial charge < -0.3 is 20.6 Å². The Kier molecular flexibility index (Phi) is 8.89. The lowest BCUT2D eigenvalue weighted by molar-refractivity contribution is -0.192. The van der Waals surface area contributed by atoms with Gasteiger partial charge in [0.15, 0.2) is 5.82 Å². The minimum absolute atomic E-state index is 0.0569. The Hall–Kier alpha value is -4.40. The van der Waals surface area contributed by atoms with E-state index >= 15 is 0 Å². The number of carboxylic acid groups (broad SMARTS) is 1. The van der Waals surface area contributed by atoms with Gasteiger partial charge in [0.25, 0.3) is 0 Å². The summed E-state index contributed by atoms with van der Waals surface area (Å²) in [6.45, 7) is 3.62. The van der Waals surface area contributed by atoms with Crippen LogP contribution in [-0.2, 0) is 11.3 Å². The Labute approximate surface area is 236 Å². The van der Waals surface area contributed by atoms with Gasteiger partial charge in [0.2, 0.25) is 5.95 Å². The average molecular weight is 597 g/mol. The highest BCUT2D eigenvalue weighted by molar-refractivity contribution is 6.02. The monoisotopic (exact) mass is 596 g/mol. The fourth-order valence-electron chi connectivity index (χ4n) is 4.58. The molecule has 0 bridgehead atoms. The molecule has 3 aromatic rings. The number of rotatable bonds is 4. The first-order valence-corrected chi connectivity index (χ1v) is 12.7. The highest BCUT2D eigenvalue weighted by Gasteiger charge is 2.38. The molecule has 42 heavy (non-hydrogen) atoms. The first-order chi connectivity index (χ1) is 19.8. The summed E-state index contributed by atoms with van der Waals surface area (Å²) >= 11 is 0. The number of benzene rings is 2. The van der Waals surface area contributed by atoms with Crippen LogP contribution in [0.2, 0.25) is 0 Å². The normalized spacial score (nSPS) is 15.8. The van der Waals surface area contributed by atoms with E-state index < -0.39 is 35.5 Å². The number of carbonyl (C=O) groups excluding carboxylic acids is 1. The molecule has 2 amide bonds. The lowest BCUT2D eigenvalue weighted by atomic mass is 10.00. The summed E-state index contributed by atoms with van der Waals surface area (Å²) in [6, 6.07) is 7.14. The first-order valence-electron chi connectivity index (χ1n) is 12.7. The number of hydrogen-bond acceptors (Lipinski definition) is 6. The van der Waals surface area contributed by atoms with E-state index in [1.807, 2.05) is 0 Å². The summed E-state index contributed by atoms with van der Waals surface area (Å²) in [5.41, 5.74) is 1.70. The molecular formula is C27H26F6N6O3. The topological polar surface area (TPSA) is 111 Å². The third kappa shape index (κ3) is 6.73. The minimum atomic E-state index is -5.08. The SMILES string of the molecule is Cc1cc(F)ccc1-c1nc(NC2CCN(C)CC2)nc2c1CNC(=O)N2c1c(F)cccc1F.O=C(O)C(F)(F)F. The molecule has 15 heteroatoms. The highest BCUT2D eigenvalue weighted by Crippen LogP contribution is 2.39. The minimum Gasteiger partial charge on any atom is -0.475 e. The van der Waals surface area contributed by atoms with Crippen LogP contribution in [0.4, 0.5) is 48.6 Å². The number of fused-ring (bicyclic) bond motifs is 1. The van der Waals surface area contributed by atoms with Crippen LogP contribution in [0.3, 0.4) is 0 Å². The molecule has 0 atom stereocenters. The maximum Gasteiger partial charge on any atom is 0.490 e. The number of piperidine rings is 1. The second kappa shape index (κ2) is 12.2. The van der Waals surface area contributed by atoms with Gasteiger partial charge in [0.1, 0.15) is 23.1 Å². The third-order valence-corrected chi connectivity index (χ3v) is 6.72. The van der Waals surface area contributed by atoms with Crippen molar-refractivity contribution in [2.24, 2.45) is 0 Å². The Morgan fingerprint density at radius 1 is 1.07 bits per heavy atom. The number of nitrogens with zero attached hydrogens (tertiary/aromatic N) is 4. The summed E-state index contributed by atoms with van der Waals surface area (Å²) in [6.07, 6.45) is -3.35. The predicted octanol–water partition coefficient (Wildman–Crippen LogP) is 5.37. The predicted molar refractivity (Wildman–Crippen MR) is 141 cm³/mol. The van der Waals surface area contributed by atoms with Gasteiger partial charge in [-0.3, -0.25) is 0 Å². The molecule has 3 N–H and O–H groups in total. The number of aryl methyl sites for hydroxylation is 1. The van der Waals surface area contributed by atoms with E-state index in [1.54, 1.807) is 13.0 Å². The van der Waals surface area contributed by atoms with Crippen LogP contribution in [0.25, 0.3) is 11.3 Å². The number of aliphatic carboxylic acids is 1. The lowest BCUT2D eigenvalue weighted by Gasteiger charge is -2.32. The summed E-state index contributed by atoms with van der Waals surface area (Å²) in [5.74, 6) is -4.60. The number of urea groups is 1. The van der Waals surface area contributed by atoms with Crippen molar-refractivity contribution < 1.29 is 41.0 Å². The number of anilines is 3. The molecule has 2 aromatic carbocycles. The Morgan fingerprint density at radius 3 is 2.26 bits per heavy atom. The van der Waals surface area contributed by atoms with E-state index in [0.717, 1.165) is 43.0 Å². The van der Waals surface area contributed by atoms with Crippen LogP contribution in [-0.4, -0.2) is 64.3 Å². The fourth-order valence-corrected chi connectivity index (χ4v) is 4.58. The first kappa shape index (κ1) is 30.6. The molecule has 0 unspecified atom stereocenters. The molecule has 0 aliphatic carbocycles. The average Bonchev–Trinajstić information content (AvgIpc) is 2.90. The molecule has 2 aliphatic heterocycles. The molecule has 0 spiro atoms. The maximum atomic E-state index is 14.8. The van der Waals surface area contributed by atoms with Crippen LogP contribution in [0.15, 0.2) is 36.4 Å².